The summed E-state index contributed by atoms with van der Waals surface area (Å²) in [4.78, 5) is 27.8. The summed E-state index contributed by atoms with van der Waals surface area (Å²) in [5.74, 6) is 0.0435. The first kappa shape index (κ1) is 25.8. The van der Waals surface area contributed by atoms with E-state index < -0.39 is 17.7 Å². The number of aliphatic hydroxyl groups excluding tert-OH is 1. The van der Waals surface area contributed by atoms with Crippen LogP contribution in [0.3, 0.4) is 0 Å². The van der Waals surface area contributed by atoms with Crippen LogP contribution in [0.2, 0.25) is 0 Å². The molecule has 5 rings (SSSR count). The van der Waals surface area contributed by atoms with Crippen LogP contribution in [0.1, 0.15) is 41.8 Å². The predicted molar refractivity (Wildman–Crippen MR) is 145 cm³/mol. The van der Waals surface area contributed by atoms with E-state index in [1.54, 1.807) is 61.5 Å². The van der Waals surface area contributed by atoms with Crippen LogP contribution < -0.4 is 14.4 Å². The monoisotopic (exact) mass is 524 g/mol. The SMILES string of the molecule is CCCOc1ccc(/C(O)=C2\C(=O)C(=O)N(c3cc(C)on3)C2c2ccc(OCc3ccccc3)cc2)cc1. The standard InChI is InChI=1S/C31H28N2O6/c1-3-17-37-24-15-11-23(12-16-24)29(34)27-28(33(31(36)30(27)35)26-18-20(2)39-32-26)22-9-13-25(14-10-22)38-19-21-7-5-4-6-8-21/h4-16,18,28,34H,3,17,19H2,1-2H3/b29-27+. The fraction of sp³-hybridized carbons (Fsp3) is 0.194. The van der Waals surface area contributed by atoms with Crippen molar-refractivity contribution in [3.05, 3.63) is 113 Å². The minimum atomic E-state index is -0.923. The summed E-state index contributed by atoms with van der Waals surface area (Å²) < 4.78 is 16.7. The van der Waals surface area contributed by atoms with Gasteiger partial charge < -0.3 is 19.1 Å². The highest BCUT2D eigenvalue weighted by atomic mass is 16.5. The fourth-order valence-electron chi connectivity index (χ4n) is 4.42. The van der Waals surface area contributed by atoms with E-state index >= 15 is 0 Å². The van der Waals surface area contributed by atoms with Gasteiger partial charge in [0.25, 0.3) is 5.78 Å². The van der Waals surface area contributed by atoms with Crippen molar-refractivity contribution in [2.24, 2.45) is 0 Å². The van der Waals surface area contributed by atoms with Gasteiger partial charge in [0.1, 0.15) is 29.6 Å². The number of benzene rings is 3. The molecule has 1 N–H and O–H groups in total. The second-order valence-electron chi connectivity index (χ2n) is 9.18. The second kappa shape index (κ2) is 11.3. The van der Waals surface area contributed by atoms with Gasteiger partial charge in [0.15, 0.2) is 5.82 Å². The minimum absolute atomic E-state index is 0.0409. The quantitative estimate of drug-likeness (QED) is 0.163. The molecule has 1 unspecified atom stereocenters. The van der Waals surface area contributed by atoms with E-state index in [2.05, 4.69) is 5.16 Å². The van der Waals surface area contributed by atoms with Crippen molar-refractivity contribution in [3.63, 3.8) is 0 Å². The van der Waals surface area contributed by atoms with Crippen LogP contribution in [0, 0.1) is 6.92 Å². The Morgan fingerprint density at radius 2 is 1.62 bits per heavy atom. The molecular weight excluding hydrogens is 496 g/mol. The molecule has 2 heterocycles. The predicted octanol–water partition coefficient (Wildman–Crippen LogP) is 5.98. The Morgan fingerprint density at radius 1 is 0.949 bits per heavy atom. The van der Waals surface area contributed by atoms with Gasteiger partial charge in [-0.25, -0.2) is 0 Å². The average molecular weight is 525 g/mol. The molecule has 0 bridgehead atoms. The van der Waals surface area contributed by atoms with Crippen molar-refractivity contribution < 1.29 is 28.7 Å². The number of aliphatic hydroxyl groups is 1. The van der Waals surface area contributed by atoms with E-state index in [-0.39, 0.29) is 17.2 Å². The lowest BCUT2D eigenvalue weighted by atomic mass is 9.95. The molecule has 0 saturated carbocycles. The lowest BCUT2D eigenvalue weighted by Crippen LogP contribution is -2.29. The molecule has 39 heavy (non-hydrogen) atoms. The second-order valence-corrected chi connectivity index (χ2v) is 9.18. The first-order chi connectivity index (χ1) is 19.0. The highest BCUT2D eigenvalue weighted by molar-refractivity contribution is 6.51. The molecular formula is C31H28N2O6. The van der Waals surface area contributed by atoms with Crippen LogP contribution in [-0.2, 0) is 16.2 Å². The molecule has 1 fully saturated rings. The summed E-state index contributed by atoms with van der Waals surface area (Å²) in [6.07, 6.45) is 0.864. The summed E-state index contributed by atoms with van der Waals surface area (Å²) >= 11 is 0. The van der Waals surface area contributed by atoms with Gasteiger partial charge in [-0.05, 0) is 60.9 Å². The lowest BCUT2D eigenvalue weighted by molar-refractivity contribution is -0.132. The Kier molecular flexibility index (Phi) is 7.45. The van der Waals surface area contributed by atoms with E-state index in [0.717, 1.165) is 12.0 Å². The third kappa shape index (κ3) is 5.40. The first-order valence-corrected chi connectivity index (χ1v) is 12.7. The third-order valence-electron chi connectivity index (χ3n) is 6.35. The average Bonchev–Trinajstić information content (AvgIpc) is 3.51. The molecule has 198 valence electrons. The zero-order valence-corrected chi connectivity index (χ0v) is 21.7. The van der Waals surface area contributed by atoms with Crippen molar-refractivity contribution in [2.45, 2.75) is 32.9 Å². The minimum Gasteiger partial charge on any atom is -0.507 e. The highest BCUT2D eigenvalue weighted by Crippen LogP contribution is 2.42. The number of amides is 1. The van der Waals surface area contributed by atoms with Crippen molar-refractivity contribution in [2.75, 3.05) is 11.5 Å². The molecule has 1 amide bonds. The number of aromatic nitrogens is 1. The first-order valence-electron chi connectivity index (χ1n) is 12.7. The number of Topliss-reactive ketones (excluding diaryl/α,β-unsaturated/α-hetero) is 1. The van der Waals surface area contributed by atoms with Crippen LogP contribution >= 0.6 is 0 Å². The van der Waals surface area contributed by atoms with Crippen LogP contribution in [0.4, 0.5) is 5.82 Å². The molecule has 3 aromatic carbocycles. The van der Waals surface area contributed by atoms with Gasteiger partial charge in [-0.2, -0.15) is 0 Å². The van der Waals surface area contributed by atoms with E-state index in [0.29, 0.717) is 41.6 Å². The number of rotatable bonds is 9. The number of hydrogen-bond donors (Lipinski definition) is 1. The van der Waals surface area contributed by atoms with E-state index in [4.69, 9.17) is 14.0 Å². The Balaban J connectivity index is 1.51. The number of ketones is 1. The Labute approximate surface area is 226 Å². The molecule has 1 aliphatic rings. The summed E-state index contributed by atoms with van der Waals surface area (Å²) in [5.41, 5.74) is 1.98. The summed E-state index contributed by atoms with van der Waals surface area (Å²) in [6.45, 7) is 4.67. The molecule has 1 atom stereocenters. The van der Waals surface area contributed by atoms with Gasteiger partial charge in [-0.3, -0.25) is 14.5 Å². The molecule has 0 aliphatic carbocycles. The van der Waals surface area contributed by atoms with Gasteiger partial charge in [0, 0.05) is 11.6 Å². The molecule has 0 radical (unpaired) electrons. The van der Waals surface area contributed by atoms with Crippen molar-refractivity contribution in [1.29, 1.82) is 0 Å². The number of aryl methyl sites for hydroxylation is 1. The fourth-order valence-corrected chi connectivity index (χ4v) is 4.42. The van der Waals surface area contributed by atoms with Gasteiger partial charge in [-0.1, -0.05) is 54.5 Å². The normalized spacial score (nSPS) is 16.5. The van der Waals surface area contributed by atoms with Crippen LogP contribution in [0.25, 0.3) is 5.76 Å². The number of carbonyl (C=O) groups is 2. The Hall–Kier alpha value is -4.85. The van der Waals surface area contributed by atoms with Gasteiger partial charge in [0.2, 0.25) is 0 Å². The maximum absolute atomic E-state index is 13.3. The van der Waals surface area contributed by atoms with Gasteiger partial charge in [-0.15, -0.1) is 0 Å². The molecule has 0 spiro atoms. The largest absolute Gasteiger partial charge is 0.507 e. The number of hydrogen-bond acceptors (Lipinski definition) is 7. The zero-order chi connectivity index (χ0) is 27.4. The highest BCUT2D eigenvalue weighted by Gasteiger charge is 2.48. The van der Waals surface area contributed by atoms with Gasteiger partial charge in [0.05, 0.1) is 18.2 Å². The number of ether oxygens (including phenoxy) is 2. The number of anilines is 1. The van der Waals surface area contributed by atoms with Crippen LogP contribution in [0.5, 0.6) is 11.5 Å². The summed E-state index contributed by atoms with van der Waals surface area (Å²) in [7, 11) is 0. The Morgan fingerprint density at radius 3 is 2.26 bits per heavy atom. The van der Waals surface area contributed by atoms with Crippen molar-refractivity contribution in [3.8, 4) is 11.5 Å². The molecule has 1 aliphatic heterocycles. The van der Waals surface area contributed by atoms with E-state index in [1.165, 1.54) is 4.90 Å². The maximum Gasteiger partial charge on any atom is 0.301 e. The van der Waals surface area contributed by atoms with Gasteiger partial charge >= 0.3 is 5.91 Å². The van der Waals surface area contributed by atoms with Crippen LogP contribution in [-0.4, -0.2) is 28.6 Å². The molecule has 4 aromatic rings. The maximum atomic E-state index is 13.3. The summed E-state index contributed by atoms with van der Waals surface area (Å²) in [5, 5.41) is 15.3. The van der Waals surface area contributed by atoms with Crippen molar-refractivity contribution in [1.82, 2.24) is 5.16 Å². The topological polar surface area (TPSA) is 102 Å². The molecule has 8 heteroatoms. The zero-order valence-electron chi connectivity index (χ0n) is 21.7. The van der Waals surface area contributed by atoms with Crippen molar-refractivity contribution >= 4 is 23.3 Å². The molecule has 8 nitrogen and oxygen atoms in total. The number of nitrogens with zero attached hydrogens (tertiary/aromatic N) is 2. The Bertz CT molecular complexity index is 1490. The third-order valence-corrected chi connectivity index (χ3v) is 6.35. The molecule has 1 aromatic heterocycles. The van der Waals surface area contributed by atoms with Crippen LogP contribution in [0.15, 0.2) is 95.0 Å². The molecule has 1 saturated heterocycles. The van der Waals surface area contributed by atoms with E-state index in [1.807, 2.05) is 37.3 Å². The number of carbonyl (C=O) groups excluding carboxylic acids is 2. The lowest BCUT2D eigenvalue weighted by Gasteiger charge is -2.23. The smallest absolute Gasteiger partial charge is 0.301 e. The van der Waals surface area contributed by atoms with E-state index in [9.17, 15) is 14.7 Å². The summed E-state index contributed by atoms with van der Waals surface area (Å²) in [6, 6.07) is 24.3.